The van der Waals surface area contributed by atoms with Crippen molar-refractivity contribution in [1.29, 1.82) is 0 Å². The van der Waals surface area contributed by atoms with E-state index >= 15 is 0 Å². The molecule has 6 nitrogen and oxygen atoms in total. The number of aromatic nitrogens is 1. The minimum Gasteiger partial charge on any atom is -0.488 e. The number of halogens is 1. The number of benzene rings is 4. The lowest BCUT2D eigenvalue weighted by Crippen LogP contribution is -2.29. The Labute approximate surface area is 237 Å². The summed E-state index contributed by atoms with van der Waals surface area (Å²) in [5.41, 5.74) is 4.76. The number of hydrogen-bond acceptors (Lipinski definition) is 4. The van der Waals surface area contributed by atoms with Crippen molar-refractivity contribution in [3.8, 4) is 22.6 Å². The van der Waals surface area contributed by atoms with Gasteiger partial charge in [0, 0.05) is 24.3 Å². The maximum atomic E-state index is 14.3. The topological polar surface area (TPSA) is 60.8 Å². The van der Waals surface area contributed by atoms with Crippen molar-refractivity contribution in [1.82, 2.24) is 9.47 Å². The molecule has 0 unspecified atom stereocenters. The van der Waals surface area contributed by atoms with Crippen LogP contribution in [0.15, 0.2) is 97.1 Å². The second-order valence-corrected chi connectivity index (χ2v) is 10.0. The molecule has 0 N–H and O–H groups in total. The molecule has 0 atom stereocenters. The molecular formula is C34H29FN2O4. The summed E-state index contributed by atoms with van der Waals surface area (Å²) < 4.78 is 27.2. The largest absolute Gasteiger partial charge is 0.488 e. The van der Waals surface area contributed by atoms with Gasteiger partial charge in [0.25, 0.3) is 5.91 Å². The molecule has 0 spiro atoms. The van der Waals surface area contributed by atoms with Crippen LogP contribution in [-0.2, 0) is 11.3 Å². The van der Waals surface area contributed by atoms with E-state index in [1.54, 1.807) is 24.3 Å². The number of carbonyl (C=O) groups is 2. The number of amides is 1. The normalized spacial score (nSPS) is 13.0. The van der Waals surface area contributed by atoms with Crippen LogP contribution in [0, 0.1) is 5.82 Å². The maximum Gasteiger partial charge on any atom is 0.337 e. The minimum absolute atomic E-state index is 0.107. The molecule has 1 amide bonds. The summed E-state index contributed by atoms with van der Waals surface area (Å²) in [6.45, 7) is 1.68. The SMILES string of the molecule is COC(=O)c1ccc(-c2c(C(=O)N3CCCC3)n(-c3ccc(F)cc3)c3cccc(OCc4ccccc4)c23)cc1. The zero-order valence-electron chi connectivity index (χ0n) is 22.7. The van der Waals surface area contributed by atoms with E-state index in [0.29, 0.717) is 48.0 Å². The van der Waals surface area contributed by atoms with E-state index in [0.717, 1.165) is 34.9 Å². The average molecular weight is 549 g/mol. The lowest BCUT2D eigenvalue weighted by atomic mass is 9.99. The molecule has 1 aromatic heterocycles. The quantitative estimate of drug-likeness (QED) is 0.205. The van der Waals surface area contributed by atoms with E-state index in [1.165, 1.54) is 19.2 Å². The molecule has 0 aliphatic carbocycles. The van der Waals surface area contributed by atoms with Gasteiger partial charge in [0.2, 0.25) is 0 Å². The Bertz CT molecular complexity index is 1700. The van der Waals surface area contributed by atoms with Crippen LogP contribution < -0.4 is 4.74 Å². The molecule has 1 aliphatic rings. The van der Waals surface area contributed by atoms with Crippen molar-refractivity contribution < 1.29 is 23.5 Å². The zero-order valence-corrected chi connectivity index (χ0v) is 22.7. The van der Waals surface area contributed by atoms with Gasteiger partial charge in [0.15, 0.2) is 0 Å². The Kier molecular flexibility index (Phi) is 7.25. The van der Waals surface area contributed by atoms with Crippen LogP contribution in [0.1, 0.15) is 39.3 Å². The molecule has 1 saturated heterocycles. The van der Waals surface area contributed by atoms with Gasteiger partial charge in [-0.1, -0.05) is 48.5 Å². The molecule has 4 aromatic carbocycles. The van der Waals surface area contributed by atoms with E-state index in [4.69, 9.17) is 9.47 Å². The highest BCUT2D eigenvalue weighted by Gasteiger charge is 2.31. The Morgan fingerprint density at radius 3 is 2.22 bits per heavy atom. The molecule has 0 radical (unpaired) electrons. The van der Waals surface area contributed by atoms with Gasteiger partial charge in [-0.15, -0.1) is 0 Å². The molecular weight excluding hydrogens is 519 g/mol. The molecule has 206 valence electrons. The molecule has 0 saturated carbocycles. The highest BCUT2D eigenvalue weighted by Crippen LogP contribution is 2.43. The van der Waals surface area contributed by atoms with E-state index in [9.17, 15) is 14.0 Å². The van der Waals surface area contributed by atoms with Crippen molar-refractivity contribution in [3.05, 3.63) is 120 Å². The molecule has 2 heterocycles. The number of fused-ring (bicyclic) bond motifs is 1. The highest BCUT2D eigenvalue weighted by atomic mass is 19.1. The number of ether oxygens (including phenoxy) is 2. The fourth-order valence-electron chi connectivity index (χ4n) is 5.47. The van der Waals surface area contributed by atoms with Gasteiger partial charge in [0.05, 0.1) is 23.6 Å². The predicted octanol–water partition coefficient (Wildman–Crippen LogP) is 7.04. The molecule has 0 bridgehead atoms. The first-order chi connectivity index (χ1) is 20.0. The summed E-state index contributed by atoms with van der Waals surface area (Å²) in [5.74, 6) is -0.285. The first-order valence-electron chi connectivity index (χ1n) is 13.6. The highest BCUT2D eigenvalue weighted by molar-refractivity contribution is 6.13. The van der Waals surface area contributed by atoms with Gasteiger partial charge in [0.1, 0.15) is 23.9 Å². The summed E-state index contributed by atoms with van der Waals surface area (Å²) >= 11 is 0. The number of rotatable bonds is 7. The van der Waals surface area contributed by atoms with E-state index < -0.39 is 5.97 Å². The monoisotopic (exact) mass is 548 g/mol. The van der Waals surface area contributed by atoms with E-state index in [1.807, 2.05) is 70.1 Å². The lowest BCUT2D eigenvalue weighted by Gasteiger charge is -2.19. The fraction of sp³-hybridized carbons (Fsp3) is 0.176. The summed E-state index contributed by atoms with van der Waals surface area (Å²) in [4.78, 5) is 28.3. The van der Waals surface area contributed by atoms with Gasteiger partial charge in [-0.2, -0.15) is 0 Å². The van der Waals surface area contributed by atoms with Crippen molar-refractivity contribution in [2.75, 3.05) is 20.2 Å². The number of nitrogens with zero attached hydrogens (tertiary/aromatic N) is 2. The Balaban J connectivity index is 1.62. The third-order valence-corrected chi connectivity index (χ3v) is 7.47. The molecule has 7 heteroatoms. The summed E-state index contributed by atoms with van der Waals surface area (Å²) in [6.07, 6.45) is 1.88. The van der Waals surface area contributed by atoms with Crippen LogP contribution >= 0.6 is 0 Å². The minimum atomic E-state index is -0.439. The van der Waals surface area contributed by atoms with Gasteiger partial charge in [-0.3, -0.25) is 4.79 Å². The first kappa shape index (κ1) is 26.3. The van der Waals surface area contributed by atoms with Crippen LogP contribution in [0.5, 0.6) is 5.75 Å². The second kappa shape index (κ2) is 11.3. The number of hydrogen-bond donors (Lipinski definition) is 0. The van der Waals surface area contributed by atoms with Gasteiger partial charge in [-0.25, -0.2) is 9.18 Å². The third kappa shape index (κ3) is 5.07. The number of carbonyl (C=O) groups excluding carboxylic acids is 2. The van der Waals surface area contributed by atoms with Crippen molar-refractivity contribution in [2.24, 2.45) is 0 Å². The van der Waals surface area contributed by atoms with Gasteiger partial charge < -0.3 is 18.9 Å². The fourth-order valence-corrected chi connectivity index (χ4v) is 5.47. The van der Waals surface area contributed by atoms with Crippen molar-refractivity contribution in [2.45, 2.75) is 19.4 Å². The Morgan fingerprint density at radius 2 is 1.54 bits per heavy atom. The van der Waals surface area contributed by atoms with Crippen LogP contribution in [-0.4, -0.2) is 41.5 Å². The molecule has 1 fully saturated rings. The van der Waals surface area contributed by atoms with Gasteiger partial charge in [-0.05, 0) is 72.5 Å². The molecule has 6 rings (SSSR count). The van der Waals surface area contributed by atoms with Gasteiger partial charge >= 0.3 is 5.97 Å². The summed E-state index contributed by atoms with van der Waals surface area (Å²) in [6, 6.07) is 28.8. The summed E-state index contributed by atoms with van der Waals surface area (Å²) in [7, 11) is 1.34. The van der Waals surface area contributed by atoms with Crippen LogP contribution in [0.25, 0.3) is 27.7 Å². The first-order valence-corrected chi connectivity index (χ1v) is 13.6. The second-order valence-electron chi connectivity index (χ2n) is 10.0. The molecule has 5 aromatic rings. The zero-order chi connectivity index (χ0) is 28.3. The predicted molar refractivity (Wildman–Crippen MR) is 156 cm³/mol. The number of likely N-dealkylation sites (tertiary alicyclic amines) is 1. The number of methoxy groups -OCH3 is 1. The maximum absolute atomic E-state index is 14.3. The molecule has 41 heavy (non-hydrogen) atoms. The van der Waals surface area contributed by atoms with Crippen LogP contribution in [0.3, 0.4) is 0 Å². The third-order valence-electron chi connectivity index (χ3n) is 7.47. The molecule has 1 aliphatic heterocycles. The standard InChI is InChI=1S/C34H29FN2O4/c1-40-34(39)25-14-12-24(13-15-25)30-31-28(10-7-11-29(31)41-22-23-8-3-2-4-9-23)37(27-18-16-26(35)17-19-27)32(30)33(38)36-20-5-6-21-36/h2-4,7-19H,5-6,20-22H2,1H3. The van der Waals surface area contributed by atoms with Crippen LogP contribution in [0.4, 0.5) is 4.39 Å². The Morgan fingerprint density at radius 1 is 0.829 bits per heavy atom. The van der Waals surface area contributed by atoms with Crippen molar-refractivity contribution in [3.63, 3.8) is 0 Å². The summed E-state index contributed by atoms with van der Waals surface area (Å²) in [5, 5.41) is 0.765. The van der Waals surface area contributed by atoms with E-state index in [2.05, 4.69) is 0 Å². The Hall–Kier alpha value is -4.91. The van der Waals surface area contributed by atoms with Crippen LogP contribution in [0.2, 0.25) is 0 Å². The smallest absolute Gasteiger partial charge is 0.337 e. The lowest BCUT2D eigenvalue weighted by molar-refractivity contribution is 0.0600. The van der Waals surface area contributed by atoms with Crippen molar-refractivity contribution >= 4 is 22.8 Å². The number of esters is 1. The van der Waals surface area contributed by atoms with E-state index in [-0.39, 0.29) is 11.7 Å². The average Bonchev–Trinajstić information content (AvgIpc) is 3.68.